The second kappa shape index (κ2) is 9.56. The number of carbonyl (C=O) groups is 3. The topological polar surface area (TPSA) is 185 Å². The summed E-state index contributed by atoms with van der Waals surface area (Å²) in [6.07, 6.45) is 0. The van der Waals surface area contributed by atoms with E-state index in [4.69, 9.17) is 5.73 Å². The second-order valence-electron chi connectivity index (χ2n) is 7.01. The van der Waals surface area contributed by atoms with Gasteiger partial charge in [-0.25, -0.2) is 26.4 Å². The molecule has 2 aromatic carbocycles. The Kier molecular flexibility index (Phi) is 7.00. The molecule has 0 bridgehead atoms. The van der Waals surface area contributed by atoms with E-state index in [9.17, 15) is 31.2 Å². The van der Waals surface area contributed by atoms with E-state index in [0.29, 0.717) is 5.56 Å². The normalized spacial score (nSPS) is 14.8. The summed E-state index contributed by atoms with van der Waals surface area (Å²) >= 11 is 0. The van der Waals surface area contributed by atoms with Gasteiger partial charge < -0.3 is 16.4 Å². The fraction of sp³-hybridized carbons (Fsp3) is 0.211. The molecule has 1 aliphatic heterocycles. The Labute approximate surface area is 190 Å². The third-order valence-corrected chi connectivity index (χ3v) is 7.89. The highest BCUT2D eigenvalue weighted by Gasteiger charge is 2.29. The van der Waals surface area contributed by atoms with Gasteiger partial charge in [0.15, 0.2) is 0 Å². The van der Waals surface area contributed by atoms with E-state index in [2.05, 4.69) is 10.6 Å². The summed E-state index contributed by atoms with van der Waals surface area (Å²) < 4.78 is 53.2. The van der Waals surface area contributed by atoms with E-state index in [0.717, 1.165) is 4.31 Å². The standard InChI is InChI=1S/C19H21N5O7S2/c20-19(27)22-11-13-1-5-15(6-2-13)32(28,29)23-18(26)14-3-7-16(8-4-14)33(30,31)24-10-9-21-17(25)12-24/h1-8H,9-12H2,(H,21,25)(H,23,26)(H3,20,22,27). The van der Waals surface area contributed by atoms with Crippen LogP contribution >= 0.6 is 0 Å². The van der Waals surface area contributed by atoms with Gasteiger partial charge in [0.2, 0.25) is 15.9 Å². The first-order valence-electron chi connectivity index (χ1n) is 9.55. The molecule has 12 nitrogen and oxygen atoms in total. The summed E-state index contributed by atoms with van der Waals surface area (Å²) in [4.78, 5) is 34.3. The molecule has 4 amide bonds. The van der Waals surface area contributed by atoms with Crippen molar-refractivity contribution in [2.45, 2.75) is 16.3 Å². The lowest BCUT2D eigenvalue weighted by Crippen LogP contribution is -2.49. The highest BCUT2D eigenvalue weighted by atomic mass is 32.2. The Hall–Kier alpha value is -3.49. The molecule has 1 heterocycles. The van der Waals surface area contributed by atoms with Gasteiger partial charge in [-0.05, 0) is 42.0 Å². The number of urea groups is 1. The maximum absolute atomic E-state index is 12.7. The number of benzene rings is 2. The van der Waals surface area contributed by atoms with Crippen molar-refractivity contribution >= 4 is 37.9 Å². The molecule has 0 spiro atoms. The number of primary amides is 1. The monoisotopic (exact) mass is 495 g/mol. The van der Waals surface area contributed by atoms with Gasteiger partial charge in [-0.3, -0.25) is 9.59 Å². The third-order valence-electron chi connectivity index (χ3n) is 4.69. The van der Waals surface area contributed by atoms with Crippen LogP contribution in [0.15, 0.2) is 58.3 Å². The van der Waals surface area contributed by atoms with Crippen LogP contribution in [0, 0.1) is 0 Å². The number of hydrogen-bond donors (Lipinski definition) is 4. The Bertz CT molecular complexity index is 1270. The van der Waals surface area contributed by atoms with Crippen LogP contribution < -0.4 is 21.1 Å². The largest absolute Gasteiger partial charge is 0.354 e. The molecule has 0 radical (unpaired) electrons. The van der Waals surface area contributed by atoms with Gasteiger partial charge in [0, 0.05) is 25.2 Å². The lowest BCUT2D eigenvalue weighted by Gasteiger charge is -2.25. The van der Waals surface area contributed by atoms with E-state index in [1.54, 1.807) is 0 Å². The summed E-state index contributed by atoms with van der Waals surface area (Å²) in [6.45, 7) is 0.116. The first-order valence-corrected chi connectivity index (χ1v) is 12.5. The van der Waals surface area contributed by atoms with Crippen molar-refractivity contribution in [1.29, 1.82) is 0 Å². The zero-order valence-electron chi connectivity index (χ0n) is 17.1. The van der Waals surface area contributed by atoms with Gasteiger partial charge in [0.1, 0.15) is 0 Å². The minimum atomic E-state index is -4.20. The average molecular weight is 496 g/mol. The zero-order chi connectivity index (χ0) is 24.2. The predicted molar refractivity (Wildman–Crippen MR) is 116 cm³/mol. The highest BCUT2D eigenvalue weighted by Crippen LogP contribution is 2.18. The van der Waals surface area contributed by atoms with Gasteiger partial charge in [-0.1, -0.05) is 12.1 Å². The molecule has 1 aliphatic rings. The molecule has 0 aliphatic carbocycles. The molecule has 1 fully saturated rings. The molecular weight excluding hydrogens is 474 g/mol. The zero-order valence-corrected chi connectivity index (χ0v) is 18.8. The Morgan fingerprint density at radius 2 is 1.58 bits per heavy atom. The van der Waals surface area contributed by atoms with E-state index in [1.807, 2.05) is 4.72 Å². The molecule has 5 N–H and O–H groups in total. The fourth-order valence-electron chi connectivity index (χ4n) is 2.96. The summed E-state index contributed by atoms with van der Waals surface area (Å²) in [5.41, 5.74) is 5.51. The summed E-state index contributed by atoms with van der Waals surface area (Å²) in [7, 11) is -8.14. The van der Waals surface area contributed by atoms with Crippen LogP contribution in [0.25, 0.3) is 0 Å². The fourth-order valence-corrected chi connectivity index (χ4v) is 5.33. The first-order chi connectivity index (χ1) is 15.5. The Morgan fingerprint density at radius 3 is 2.15 bits per heavy atom. The summed E-state index contributed by atoms with van der Waals surface area (Å²) in [5.74, 6) is -1.36. The van der Waals surface area contributed by atoms with Gasteiger partial charge in [-0.15, -0.1) is 0 Å². The smallest absolute Gasteiger partial charge is 0.312 e. The Balaban J connectivity index is 1.70. The lowest BCUT2D eigenvalue weighted by molar-refractivity contribution is -0.122. The van der Waals surface area contributed by atoms with Crippen LogP contribution in [0.4, 0.5) is 4.79 Å². The van der Waals surface area contributed by atoms with Crippen molar-refractivity contribution in [3.05, 3.63) is 59.7 Å². The number of rotatable bonds is 7. The minimum absolute atomic E-state index is 0.0730. The molecule has 33 heavy (non-hydrogen) atoms. The van der Waals surface area contributed by atoms with Crippen molar-refractivity contribution < 1.29 is 31.2 Å². The number of sulfonamides is 2. The number of carbonyl (C=O) groups excluding carboxylic acids is 3. The maximum Gasteiger partial charge on any atom is 0.312 e. The number of nitrogens with two attached hydrogens (primary N) is 1. The van der Waals surface area contributed by atoms with Gasteiger partial charge >= 0.3 is 6.03 Å². The number of nitrogens with zero attached hydrogens (tertiary/aromatic N) is 1. The van der Waals surface area contributed by atoms with E-state index in [-0.39, 0.29) is 41.5 Å². The lowest BCUT2D eigenvalue weighted by atomic mass is 10.2. The number of piperazine rings is 1. The molecule has 1 saturated heterocycles. The minimum Gasteiger partial charge on any atom is -0.354 e. The number of nitrogens with one attached hydrogen (secondary N) is 3. The molecule has 176 valence electrons. The molecular formula is C19H21N5O7S2. The number of amides is 4. The van der Waals surface area contributed by atoms with Crippen LogP contribution in [0.5, 0.6) is 0 Å². The van der Waals surface area contributed by atoms with Crippen molar-refractivity contribution in [3.8, 4) is 0 Å². The van der Waals surface area contributed by atoms with Crippen LogP contribution in [0.3, 0.4) is 0 Å². The van der Waals surface area contributed by atoms with Gasteiger partial charge in [-0.2, -0.15) is 4.31 Å². The van der Waals surface area contributed by atoms with Gasteiger partial charge in [0.05, 0.1) is 16.3 Å². The molecule has 2 aromatic rings. The molecule has 14 heteroatoms. The predicted octanol–water partition coefficient (Wildman–Crippen LogP) is -0.906. The first kappa shape index (κ1) is 24.2. The summed E-state index contributed by atoms with van der Waals surface area (Å²) in [6, 6.07) is 9.41. The van der Waals surface area contributed by atoms with Crippen LogP contribution in [-0.2, 0) is 31.4 Å². The van der Waals surface area contributed by atoms with E-state index in [1.165, 1.54) is 48.5 Å². The van der Waals surface area contributed by atoms with Crippen molar-refractivity contribution in [1.82, 2.24) is 19.7 Å². The summed E-state index contributed by atoms with van der Waals surface area (Å²) in [5, 5.41) is 4.90. The SMILES string of the molecule is NC(=O)NCc1ccc(S(=O)(=O)NC(=O)c2ccc(S(=O)(=O)N3CCNC(=O)C3)cc2)cc1. The van der Waals surface area contributed by atoms with Gasteiger partial charge in [0.25, 0.3) is 15.9 Å². The molecule has 0 unspecified atom stereocenters. The number of hydrogen-bond acceptors (Lipinski definition) is 7. The molecule has 0 atom stereocenters. The third kappa shape index (κ3) is 5.85. The van der Waals surface area contributed by atoms with Crippen LogP contribution in [0.2, 0.25) is 0 Å². The van der Waals surface area contributed by atoms with Crippen molar-refractivity contribution in [2.75, 3.05) is 19.6 Å². The Morgan fingerprint density at radius 1 is 0.970 bits per heavy atom. The van der Waals surface area contributed by atoms with E-state index < -0.39 is 37.9 Å². The average Bonchev–Trinajstić information content (AvgIpc) is 2.77. The molecule has 3 rings (SSSR count). The van der Waals surface area contributed by atoms with Crippen LogP contribution in [0.1, 0.15) is 15.9 Å². The molecule has 0 saturated carbocycles. The molecule has 0 aromatic heterocycles. The second-order valence-corrected chi connectivity index (χ2v) is 10.6. The van der Waals surface area contributed by atoms with Crippen LogP contribution in [-0.4, -0.2) is 58.6 Å². The van der Waals surface area contributed by atoms with Crippen molar-refractivity contribution in [3.63, 3.8) is 0 Å². The quantitative estimate of drug-likeness (QED) is 0.383. The van der Waals surface area contributed by atoms with Crippen molar-refractivity contribution in [2.24, 2.45) is 5.73 Å². The highest BCUT2D eigenvalue weighted by molar-refractivity contribution is 7.90. The van der Waals surface area contributed by atoms with E-state index >= 15 is 0 Å². The maximum atomic E-state index is 12.7.